The third kappa shape index (κ3) is 4.31. The monoisotopic (exact) mass is 224 g/mol. The number of carboxylic acid groups (broad SMARTS) is 1. The van der Waals surface area contributed by atoms with Crippen molar-refractivity contribution in [2.24, 2.45) is 0 Å². The van der Waals surface area contributed by atoms with Gasteiger partial charge in [0.25, 0.3) is 0 Å². The average molecular weight is 224 g/mol. The van der Waals surface area contributed by atoms with Crippen molar-refractivity contribution >= 4 is 5.97 Å². The lowest BCUT2D eigenvalue weighted by Gasteiger charge is -2.14. The van der Waals surface area contributed by atoms with Crippen molar-refractivity contribution < 1.29 is 19.7 Å². The van der Waals surface area contributed by atoms with Gasteiger partial charge in [0.15, 0.2) is 0 Å². The van der Waals surface area contributed by atoms with Crippen molar-refractivity contribution in [2.45, 2.75) is 32.5 Å². The molecule has 4 heteroatoms. The van der Waals surface area contributed by atoms with Crippen LogP contribution in [-0.2, 0) is 11.4 Å². The van der Waals surface area contributed by atoms with Crippen LogP contribution in [0.4, 0.5) is 0 Å². The summed E-state index contributed by atoms with van der Waals surface area (Å²) in [6.07, 6.45) is 0.421. The minimum atomic E-state index is -0.820. The number of rotatable bonds is 6. The molecule has 0 amide bonds. The van der Waals surface area contributed by atoms with Gasteiger partial charge in [0.2, 0.25) is 0 Å². The Morgan fingerprint density at radius 1 is 1.50 bits per heavy atom. The minimum absolute atomic E-state index is 0.0271. The Labute approximate surface area is 94.5 Å². The second-order valence-electron chi connectivity index (χ2n) is 3.67. The van der Waals surface area contributed by atoms with E-state index in [-0.39, 0.29) is 19.1 Å². The Hall–Kier alpha value is -1.55. The molecule has 1 unspecified atom stereocenters. The predicted molar refractivity (Wildman–Crippen MR) is 59.3 cm³/mol. The largest absolute Gasteiger partial charge is 0.491 e. The lowest BCUT2D eigenvalue weighted by atomic mass is 10.2. The summed E-state index contributed by atoms with van der Waals surface area (Å²) in [5.41, 5.74) is 0.780. The van der Waals surface area contributed by atoms with Crippen molar-refractivity contribution in [3.63, 3.8) is 0 Å². The fourth-order valence-corrected chi connectivity index (χ4v) is 1.34. The topological polar surface area (TPSA) is 66.8 Å². The van der Waals surface area contributed by atoms with Gasteiger partial charge >= 0.3 is 5.97 Å². The third-order valence-electron chi connectivity index (χ3n) is 2.18. The molecule has 0 radical (unpaired) electrons. The summed E-state index contributed by atoms with van der Waals surface area (Å²) in [7, 11) is 0. The van der Waals surface area contributed by atoms with E-state index in [0.29, 0.717) is 12.2 Å². The van der Waals surface area contributed by atoms with Crippen LogP contribution >= 0.6 is 0 Å². The molecule has 1 aromatic carbocycles. The van der Waals surface area contributed by atoms with Crippen molar-refractivity contribution in [2.75, 3.05) is 0 Å². The van der Waals surface area contributed by atoms with Crippen molar-refractivity contribution in [3.05, 3.63) is 29.8 Å². The van der Waals surface area contributed by atoms with E-state index in [9.17, 15) is 4.79 Å². The molecule has 0 heterocycles. The van der Waals surface area contributed by atoms with Gasteiger partial charge in [-0.05, 0) is 31.0 Å². The number of carbonyl (C=O) groups is 1. The molecule has 0 saturated heterocycles. The van der Waals surface area contributed by atoms with Crippen LogP contribution in [0.15, 0.2) is 24.3 Å². The van der Waals surface area contributed by atoms with Gasteiger partial charge in [-0.25, -0.2) is 0 Å². The standard InChI is InChI=1S/C12H16O4/c1-9(5-6-12(14)15)16-11-4-2-3-10(7-11)8-13/h2-4,7,9,13H,5-6,8H2,1H3,(H,14,15). The van der Waals surface area contributed by atoms with Gasteiger partial charge in [-0.15, -0.1) is 0 Å². The average Bonchev–Trinajstić information content (AvgIpc) is 2.26. The maximum atomic E-state index is 10.4. The first-order valence-corrected chi connectivity index (χ1v) is 5.20. The first-order chi connectivity index (χ1) is 7.61. The van der Waals surface area contributed by atoms with Crippen LogP contribution in [0.2, 0.25) is 0 Å². The highest BCUT2D eigenvalue weighted by atomic mass is 16.5. The predicted octanol–water partition coefficient (Wildman–Crippen LogP) is 1.81. The van der Waals surface area contributed by atoms with E-state index in [4.69, 9.17) is 14.9 Å². The second-order valence-corrected chi connectivity index (χ2v) is 3.67. The van der Waals surface area contributed by atoms with Gasteiger partial charge < -0.3 is 14.9 Å². The highest BCUT2D eigenvalue weighted by molar-refractivity contribution is 5.66. The maximum absolute atomic E-state index is 10.4. The number of benzene rings is 1. The summed E-state index contributed by atoms with van der Waals surface area (Å²) in [5.74, 6) is -0.163. The van der Waals surface area contributed by atoms with Crippen LogP contribution in [-0.4, -0.2) is 22.3 Å². The molecule has 0 aliphatic heterocycles. The summed E-state index contributed by atoms with van der Waals surface area (Å²) >= 11 is 0. The Bertz CT molecular complexity index is 349. The van der Waals surface area contributed by atoms with E-state index in [0.717, 1.165) is 5.56 Å². The van der Waals surface area contributed by atoms with Crippen LogP contribution < -0.4 is 4.74 Å². The Morgan fingerprint density at radius 2 is 2.25 bits per heavy atom. The molecule has 1 atom stereocenters. The highest BCUT2D eigenvalue weighted by Crippen LogP contribution is 2.16. The molecule has 88 valence electrons. The summed E-state index contributed by atoms with van der Waals surface area (Å²) in [5, 5.41) is 17.5. The van der Waals surface area contributed by atoms with E-state index in [1.165, 1.54) is 0 Å². The van der Waals surface area contributed by atoms with Crippen LogP contribution in [0, 0.1) is 0 Å². The molecule has 0 aliphatic carbocycles. The highest BCUT2D eigenvalue weighted by Gasteiger charge is 2.07. The molecular formula is C12H16O4. The minimum Gasteiger partial charge on any atom is -0.491 e. The number of ether oxygens (including phenoxy) is 1. The fraction of sp³-hybridized carbons (Fsp3) is 0.417. The van der Waals surface area contributed by atoms with E-state index < -0.39 is 5.97 Å². The zero-order valence-electron chi connectivity index (χ0n) is 9.22. The zero-order valence-corrected chi connectivity index (χ0v) is 9.22. The maximum Gasteiger partial charge on any atom is 0.303 e. The molecule has 0 aliphatic rings. The van der Waals surface area contributed by atoms with E-state index in [2.05, 4.69) is 0 Å². The number of aliphatic hydroxyl groups excluding tert-OH is 1. The number of aliphatic hydroxyl groups is 1. The second kappa shape index (κ2) is 6.12. The quantitative estimate of drug-likeness (QED) is 0.773. The smallest absolute Gasteiger partial charge is 0.303 e. The van der Waals surface area contributed by atoms with Gasteiger partial charge in [0, 0.05) is 6.42 Å². The molecule has 16 heavy (non-hydrogen) atoms. The van der Waals surface area contributed by atoms with Gasteiger partial charge in [0.1, 0.15) is 5.75 Å². The van der Waals surface area contributed by atoms with Crippen LogP contribution in [0.1, 0.15) is 25.3 Å². The first-order valence-electron chi connectivity index (χ1n) is 5.20. The molecule has 0 saturated carbocycles. The first kappa shape index (κ1) is 12.5. The normalized spacial score (nSPS) is 12.1. The number of hydrogen-bond donors (Lipinski definition) is 2. The molecule has 1 rings (SSSR count). The summed E-state index contributed by atoms with van der Waals surface area (Å²) < 4.78 is 5.53. The number of carboxylic acids is 1. The Kier molecular flexibility index (Phi) is 4.79. The van der Waals surface area contributed by atoms with E-state index >= 15 is 0 Å². The van der Waals surface area contributed by atoms with Gasteiger partial charge in [-0.3, -0.25) is 4.79 Å². The van der Waals surface area contributed by atoms with Crippen LogP contribution in [0.3, 0.4) is 0 Å². The lowest BCUT2D eigenvalue weighted by Crippen LogP contribution is -2.13. The van der Waals surface area contributed by atoms with E-state index in [1.807, 2.05) is 6.92 Å². The Morgan fingerprint density at radius 3 is 2.88 bits per heavy atom. The lowest BCUT2D eigenvalue weighted by molar-refractivity contribution is -0.137. The van der Waals surface area contributed by atoms with Crippen molar-refractivity contribution in [1.82, 2.24) is 0 Å². The SMILES string of the molecule is CC(CCC(=O)O)Oc1cccc(CO)c1. The van der Waals surface area contributed by atoms with Gasteiger partial charge in [-0.2, -0.15) is 0 Å². The van der Waals surface area contributed by atoms with Crippen molar-refractivity contribution in [1.29, 1.82) is 0 Å². The van der Waals surface area contributed by atoms with Gasteiger partial charge in [0.05, 0.1) is 12.7 Å². The molecular weight excluding hydrogens is 208 g/mol. The fourth-order valence-electron chi connectivity index (χ4n) is 1.34. The molecule has 0 aromatic heterocycles. The van der Waals surface area contributed by atoms with Crippen LogP contribution in [0.5, 0.6) is 5.75 Å². The Balaban J connectivity index is 2.48. The molecule has 4 nitrogen and oxygen atoms in total. The number of aliphatic carboxylic acids is 1. The van der Waals surface area contributed by atoms with Crippen molar-refractivity contribution in [3.8, 4) is 5.75 Å². The molecule has 0 spiro atoms. The zero-order chi connectivity index (χ0) is 12.0. The molecule has 1 aromatic rings. The third-order valence-corrected chi connectivity index (χ3v) is 2.18. The summed E-state index contributed by atoms with van der Waals surface area (Å²) in [6, 6.07) is 7.13. The van der Waals surface area contributed by atoms with E-state index in [1.54, 1.807) is 24.3 Å². The molecule has 0 fully saturated rings. The summed E-state index contributed by atoms with van der Waals surface area (Å²) in [4.78, 5) is 10.4. The number of hydrogen-bond acceptors (Lipinski definition) is 3. The molecule has 2 N–H and O–H groups in total. The van der Waals surface area contributed by atoms with Gasteiger partial charge in [-0.1, -0.05) is 12.1 Å². The molecule has 0 bridgehead atoms. The summed E-state index contributed by atoms with van der Waals surface area (Å²) in [6.45, 7) is 1.80. The van der Waals surface area contributed by atoms with Crippen LogP contribution in [0.25, 0.3) is 0 Å².